The second kappa shape index (κ2) is 6.95. The fraction of sp³-hybridized carbons (Fsp3) is 0.348. The first-order chi connectivity index (χ1) is 14.4. The van der Waals surface area contributed by atoms with Crippen LogP contribution in [0.2, 0.25) is 0 Å². The highest BCUT2D eigenvalue weighted by atomic mass is 16.3. The van der Waals surface area contributed by atoms with Crippen molar-refractivity contribution in [3.05, 3.63) is 54.5 Å². The Morgan fingerprint density at radius 2 is 1.67 bits per heavy atom. The lowest BCUT2D eigenvalue weighted by Crippen LogP contribution is -2.53. The fourth-order valence-electron chi connectivity index (χ4n) is 4.05. The fourth-order valence-corrected chi connectivity index (χ4v) is 4.05. The third-order valence-corrected chi connectivity index (χ3v) is 6.18. The van der Waals surface area contributed by atoms with E-state index in [-0.39, 0.29) is 11.8 Å². The predicted octanol–water partition coefficient (Wildman–Crippen LogP) is 2.05. The van der Waals surface area contributed by atoms with E-state index in [4.69, 9.17) is 0 Å². The number of aliphatic hydroxyl groups is 1. The molecule has 5 rings (SSSR count). The van der Waals surface area contributed by atoms with E-state index in [0.29, 0.717) is 44.7 Å². The average Bonchev–Trinajstić information content (AvgIpc) is 3.44. The zero-order valence-electron chi connectivity index (χ0n) is 16.9. The second-order valence-corrected chi connectivity index (χ2v) is 8.25. The summed E-state index contributed by atoms with van der Waals surface area (Å²) in [4.78, 5) is 32.8. The van der Waals surface area contributed by atoms with E-state index in [1.54, 1.807) is 22.1 Å². The average molecular weight is 404 g/mol. The molecule has 7 heteroatoms. The van der Waals surface area contributed by atoms with Crippen LogP contribution >= 0.6 is 0 Å². The molecular formula is C23H24N4O3. The Balaban J connectivity index is 1.26. The minimum Gasteiger partial charge on any atom is -0.380 e. The van der Waals surface area contributed by atoms with Crippen molar-refractivity contribution in [1.29, 1.82) is 0 Å². The zero-order chi connectivity index (χ0) is 20.9. The minimum absolute atomic E-state index is 0.128. The summed E-state index contributed by atoms with van der Waals surface area (Å²) in [5.74, 6) is -0.329. The number of hydrogen-bond acceptors (Lipinski definition) is 4. The first-order valence-electron chi connectivity index (χ1n) is 10.3. The molecule has 0 radical (unpaired) electrons. The normalized spacial score (nSPS) is 17.9. The van der Waals surface area contributed by atoms with Crippen molar-refractivity contribution in [2.45, 2.75) is 18.4 Å². The van der Waals surface area contributed by atoms with Gasteiger partial charge in [0.05, 0.1) is 0 Å². The molecule has 30 heavy (non-hydrogen) atoms. The van der Waals surface area contributed by atoms with Gasteiger partial charge in [0, 0.05) is 62.1 Å². The highest BCUT2D eigenvalue weighted by molar-refractivity contribution is 5.93. The van der Waals surface area contributed by atoms with E-state index in [2.05, 4.69) is 33.8 Å². The summed E-state index contributed by atoms with van der Waals surface area (Å²) >= 11 is 0. The lowest BCUT2D eigenvalue weighted by molar-refractivity contribution is -0.143. The van der Waals surface area contributed by atoms with E-state index >= 15 is 0 Å². The molecule has 154 valence electrons. The lowest BCUT2D eigenvalue weighted by atomic mass is 10.1. The van der Waals surface area contributed by atoms with Crippen molar-refractivity contribution in [3.63, 3.8) is 0 Å². The smallest absolute Gasteiger partial charge is 0.272 e. The number of benzene rings is 1. The van der Waals surface area contributed by atoms with E-state index in [0.717, 1.165) is 11.1 Å². The number of nitrogens with zero attached hydrogens (tertiary/aromatic N) is 4. The van der Waals surface area contributed by atoms with E-state index in [1.165, 1.54) is 10.9 Å². The molecule has 3 aromatic rings. The highest BCUT2D eigenvalue weighted by Gasteiger charge is 2.50. The van der Waals surface area contributed by atoms with Crippen LogP contribution in [0, 0.1) is 0 Å². The monoisotopic (exact) mass is 404 g/mol. The maximum atomic E-state index is 12.8. The maximum Gasteiger partial charge on any atom is 0.272 e. The van der Waals surface area contributed by atoms with Gasteiger partial charge >= 0.3 is 0 Å². The summed E-state index contributed by atoms with van der Waals surface area (Å²) in [7, 11) is 2.02. The SMILES string of the molecule is Cn1ccc2cc(-c3ccc(C(=O)N4CCN(C(=O)C5(O)CC5)CC4)nc3)ccc21. The van der Waals surface area contributed by atoms with E-state index in [1.807, 2.05) is 19.3 Å². The number of piperazine rings is 1. The molecule has 0 bridgehead atoms. The lowest BCUT2D eigenvalue weighted by Gasteiger charge is -2.35. The topological polar surface area (TPSA) is 78.7 Å². The number of aryl methyl sites for hydroxylation is 1. The number of rotatable bonds is 3. The van der Waals surface area contributed by atoms with Gasteiger partial charge in [0.1, 0.15) is 11.3 Å². The van der Waals surface area contributed by atoms with E-state index < -0.39 is 5.60 Å². The standard InChI is InChI=1S/C23H24N4O3/c1-25-9-6-17-14-16(3-5-20(17)25)18-2-4-19(24-15-18)21(28)26-10-12-27(13-11-26)22(29)23(30)7-8-23/h2-6,9,14-15,30H,7-8,10-13H2,1H3. The van der Waals surface area contributed by atoms with Gasteiger partial charge in [-0.3, -0.25) is 14.6 Å². The Morgan fingerprint density at radius 3 is 2.33 bits per heavy atom. The van der Waals surface area contributed by atoms with Gasteiger partial charge in [-0.2, -0.15) is 0 Å². The van der Waals surface area contributed by atoms with Gasteiger partial charge in [0.25, 0.3) is 11.8 Å². The van der Waals surface area contributed by atoms with Crippen LogP contribution in [-0.2, 0) is 11.8 Å². The molecule has 2 aromatic heterocycles. The Labute approximate surface area is 174 Å². The number of amides is 2. The third kappa shape index (κ3) is 3.25. The third-order valence-electron chi connectivity index (χ3n) is 6.18. The van der Waals surface area contributed by atoms with Crippen molar-refractivity contribution in [1.82, 2.24) is 19.4 Å². The largest absolute Gasteiger partial charge is 0.380 e. The molecule has 0 unspecified atom stereocenters. The molecule has 1 aliphatic carbocycles. The number of aromatic nitrogens is 2. The second-order valence-electron chi connectivity index (χ2n) is 8.25. The summed E-state index contributed by atoms with van der Waals surface area (Å²) in [5.41, 5.74) is 2.45. The summed E-state index contributed by atoms with van der Waals surface area (Å²) < 4.78 is 2.08. The Kier molecular flexibility index (Phi) is 4.36. The maximum absolute atomic E-state index is 12.8. The molecule has 2 aliphatic rings. The first kappa shape index (κ1) is 18.8. The van der Waals surface area contributed by atoms with Crippen LogP contribution < -0.4 is 0 Å². The Bertz CT molecular complexity index is 1120. The van der Waals surface area contributed by atoms with Crippen molar-refractivity contribution < 1.29 is 14.7 Å². The van der Waals surface area contributed by atoms with Crippen LogP contribution in [0.4, 0.5) is 0 Å². The summed E-state index contributed by atoms with van der Waals surface area (Å²) in [5, 5.41) is 11.2. The van der Waals surface area contributed by atoms with Crippen LogP contribution in [0.5, 0.6) is 0 Å². The molecule has 2 fully saturated rings. The summed E-state index contributed by atoms with van der Waals surface area (Å²) in [6.07, 6.45) is 4.85. The summed E-state index contributed by atoms with van der Waals surface area (Å²) in [6.45, 7) is 1.80. The molecule has 1 aliphatic heterocycles. The van der Waals surface area contributed by atoms with Gasteiger partial charge in [-0.1, -0.05) is 12.1 Å². The van der Waals surface area contributed by atoms with Crippen LogP contribution in [0.15, 0.2) is 48.8 Å². The minimum atomic E-state index is -1.15. The predicted molar refractivity (Wildman–Crippen MR) is 113 cm³/mol. The number of pyridine rings is 1. The van der Waals surface area contributed by atoms with Gasteiger partial charge in [-0.05, 0) is 42.7 Å². The van der Waals surface area contributed by atoms with Crippen LogP contribution in [0.25, 0.3) is 22.0 Å². The number of carbonyl (C=O) groups excluding carboxylic acids is 2. The molecule has 1 aromatic carbocycles. The molecule has 3 heterocycles. The number of carbonyl (C=O) groups is 2. The van der Waals surface area contributed by atoms with Crippen molar-refractivity contribution in [2.24, 2.45) is 7.05 Å². The molecule has 1 saturated heterocycles. The molecule has 0 atom stereocenters. The zero-order valence-corrected chi connectivity index (χ0v) is 16.9. The van der Waals surface area contributed by atoms with Crippen molar-refractivity contribution in [2.75, 3.05) is 26.2 Å². The molecule has 2 amide bonds. The van der Waals surface area contributed by atoms with E-state index in [9.17, 15) is 14.7 Å². The quantitative estimate of drug-likeness (QED) is 0.725. The highest BCUT2D eigenvalue weighted by Crippen LogP contribution is 2.37. The molecule has 0 spiro atoms. The van der Waals surface area contributed by atoms with Gasteiger partial charge in [0.2, 0.25) is 0 Å². The van der Waals surface area contributed by atoms with Crippen LogP contribution in [0.1, 0.15) is 23.3 Å². The number of hydrogen-bond donors (Lipinski definition) is 1. The van der Waals surface area contributed by atoms with Crippen molar-refractivity contribution in [3.8, 4) is 11.1 Å². The Morgan fingerprint density at radius 1 is 0.967 bits per heavy atom. The molecule has 1 N–H and O–H groups in total. The van der Waals surface area contributed by atoms with Crippen LogP contribution in [0.3, 0.4) is 0 Å². The molecular weight excluding hydrogens is 380 g/mol. The Hall–Kier alpha value is -3.19. The molecule has 1 saturated carbocycles. The van der Waals surface area contributed by atoms with Gasteiger partial charge in [-0.25, -0.2) is 0 Å². The molecule has 7 nitrogen and oxygen atoms in total. The van der Waals surface area contributed by atoms with Gasteiger partial charge in [0.15, 0.2) is 0 Å². The van der Waals surface area contributed by atoms with Gasteiger partial charge in [-0.15, -0.1) is 0 Å². The summed E-state index contributed by atoms with van der Waals surface area (Å²) in [6, 6.07) is 12.0. The van der Waals surface area contributed by atoms with Crippen LogP contribution in [-0.4, -0.2) is 68.1 Å². The number of fused-ring (bicyclic) bond motifs is 1. The van der Waals surface area contributed by atoms with Crippen molar-refractivity contribution >= 4 is 22.7 Å². The van der Waals surface area contributed by atoms with Gasteiger partial charge < -0.3 is 19.5 Å². The first-order valence-corrected chi connectivity index (χ1v) is 10.3.